The second-order valence-electron chi connectivity index (χ2n) is 4.58. The zero-order chi connectivity index (χ0) is 13.7. The van der Waals surface area contributed by atoms with E-state index < -0.39 is 0 Å². The maximum Gasteiger partial charge on any atom is 0.222 e. The Kier molecular flexibility index (Phi) is 14.9. The van der Waals surface area contributed by atoms with Crippen molar-refractivity contribution >= 4 is 5.91 Å². The number of amides is 1. The minimum Gasteiger partial charge on any atom is -0.346 e. The number of nitrogens with one attached hydrogen (secondary N) is 1. The van der Waals surface area contributed by atoms with E-state index in [0.29, 0.717) is 12.3 Å². The van der Waals surface area contributed by atoms with Gasteiger partial charge in [-0.1, -0.05) is 34.1 Å². The Bertz CT molecular complexity index is 170. The molecule has 1 N–H and O–H groups in total. The van der Waals surface area contributed by atoms with Gasteiger partial charge in [0.1, 0.15) is 0 Å². The third kappa shape index (κ3) is 13.4. The summed E-state index contributed by atoms with van der Waals surface area (Å²) in [5, 5.41) is 3.12. The molecule has 0 aliphatic rings. The van der Waals surface area contributed by atoms with E-state index in [1.165, 1.54) is 12.8 Å². The van der Waals surface area contributed by atoms with E-state index in [9.17, 15) is 4.79 Å². The van der Waals surface area contributed by atoms with E-state index >= 15 is 0 Å². The van der Waals surface area contributed by atoms with Crippen LogP contribution in [0.25, 0.3) is 0 Å². The molecule has 1 amide bonds. The number of hydrogen-bond donors (Lipinski definition) is 1. The van der Waals surface area contributed by atoms with Gasteiger partial charge in [-0.2, -0.15) is 0 Å². The molecule has 0 aliphatic carbocycles. The van der Waals surface area contributed by atoms with Crippen molar-refractivity contribution in [3.8, 4) is 0 Å². The molecule has 0 spiro atoms. The van der Waals surface area contributed by atoms with E-state index in [4.69, 9.17) is 0 Å². The van der Waals surface area contributed by atoms with Crippen molar-refractivity contribution in [2.45, 2.75) is 53.4 Å². The second kappa shape index (κ2) is 13.5. The van der Waals surface area contributed by atoms with Gasteiger partial charge in [0.25, 0.3) is 0 Å². The first-order valence-electron chi connectivity index (χ1n) is 6.96. The third-order valence-corrected chi connectivity index (χ3v) is 2.43. The van der Waals surface area contributed by atoms with Crippen molar-refractivity contribution in [1.29, 1.82) is 0 Å². The van der Waals surface area contributed by atoms with Gasteiger partial charge in [0.05, 0.1) is 0 Å². The van der Waals surface area contributed by atoms with E-state index in [0.717, 1.165) is 19.5 Å². The highest BCUT2D eigenvalue weighted by Gasteiger charge is 2.09. The van der Waals surface area contributed by atoms with Gasteiger partial charge in [-0.3, -0.25) is 4.79 Å². The number of unbranched alkanes of at least 4 members (excludes halogenated alkanes) is 2. The first-order valence-corrected chi connectivity index (χ1v) is 6.96. The second-order valence-corrected chi connectivity index (χ2v) is 4.58. The zero-order valence-electron chi connectivity index (χ0n) is 12.7. The molecule has 0 heterocycles. The molecule has 0 bridgehead atoms. The molecular weight excluding hydrogens is 212 g/mol. The van der Waals surface area contributed by atoms with Crippen LogP contribution in [0.4, 0.5) is 0 Å². The summed E-state index contributed by atoms with van der Waals surface area (Å²) in [4.78, 5) is 13.4. The number of rotatable bonds is 8. The highest BCUT2D eigenvalue weighted by molar-refractivity contribution is 5.75. The minimum atomic E-state index is 0.276. The summed E-state index contributed by atoms with van der Waals surface area (Å²) in [5.74, 6) is 0.739. The fourth-order valence-corrected chi connectivity index (χ4v) is 1.46. The summed E-state index contributed by atoms with van der Waals surface area (Å²) in [7, 11) is 3.88. The Morgan fingerprint density at radius 3 is 2.24 bits per heavy atom. The van der Waals surface area contributed by atoms with Gasteiger partial charge < -0.3 is 10.2 Å². The first-order chi connectivity index (χ1) is 8.07. The van der Waals surface area contributed by atoms with Crippen LogP contribution in [0, 0.1) is 5.92 Å². The van der Waals surface area contributed by atoms with Crippen molar-refractivity contribution in [1.82, 2.24) is 10.2 Å². The molecule has 104 valence electrons. The summed E-state index contributed by atoms with van der Waals surface area (Å²) in [6.07, 6.45) is 4.18. The highest BCUT2D eigenvalue weighted by Crippen LogP contribution is 2.04. The quantitative estimate of drug-likeness (QED) is 0.666. The molecule has 0 saturated heterocycles. The summed E-state index contributed by atoms with van der Waals surface area (Å²) in [6, 6.07) is 0. The van der Waals surface area contributed by atoms with Crippen molar-refractivity contribution in [3.05, 3.63) is 0 Å². The number of carbonyl (C=O) groups excluding carboxylic acids is 1. The standard InChI is InChI=1S/C12H26N2O.C2H6/c1-11(2)10-12(15)14(4)9-7-5-6-8-13-3;1-2/h11,13H,5-10H2,1-4H3;1-2H3. The lowest BCUT2D eigenvalue weighted by Crippen LogP contribution is -2.28. The van der Waals surface area contributed by atoms with E-state index in [-0.39, 0.29) is 5.91 Å². The van der Waals surface area contributed by atoms with Crippen LogP contribution in [0.3, 0.4) is 0 Å². The van der Waals surface area contributed by atoms with Crippen molar-refractivity contribution in [2.24, 2.45) is 5.92 Å². The lowest BCUT2D eigenvalue weighted by Gasteiger charge is -2.18. The van der Waals surface area contributed by atoms with Gasteiger partial charge in [-0.25, -0.2) is 0 Å². The molecule has 0 aromatic heterocycles. The summed E-state index contributed by atoms with van der Waals surface area (Å²) < 4.78 is 0. The van der Waals surface area contributed by atoms with Crippen LogP contribution in [-0.2, 0) is 4.79 Å². The van der Waals surface area contributed by atoms with Crippen molar-refractivity contribution in [3.63, 3.8) is 0 Å². The largest absolute Gasteiger partial charge is 0.346 e. The Labute approximate surface area is 108 Å². The van der Waals surface area contributed by atoms with Crippen LogP contribution in [0.1, 0.15) is 53.4 Å². The molecule has 0 saturated carbocycles. The summed E-state index contributed by atoms with van der Waals surface area (Å²) in [6.45, 7) is 10.1. The fraction of sp³-hybridized carbons (Fsp3) is 0.929. The Morgan fingerprint density at radius 2 is 1.76 bits per heavy atom. The van der Waals surface area contributed by atoms with Gasteiger partial charge in [0, 0.05) is 20.0 Å². The fourth-order valence-electron chi connectivity index (χ4n) is 1.46. The SMILES string of the molecule is CC.CNCCCCCN(C)C(=O)CC(C)C. The van der Waals surface area contributed by atoms with E-state index in [1.54, 1.807) is 0 Å². The van der Waals surface area contributed by atoms with Crippen LogP contribution < -0.4 is 5.32 Å². The zero-order valence-corrected chi connectivity index (χ0v) is 12.7. The van der Waals surface area contributed by atoms with Crippen LogP contribution in [-0.4, -0.2) is 38.0 Å². The molecule has 17 heavy (non-hydrogen) atoms. The van der Waals surface area contributed by atoms with Crippen LogP contribution in [0.5, 0.6) is 0 Å². The van der Waals surface area contributed by atoms with Gasteiger partial charge in [0.15, 0.2) is 0 Å². The average molecular weight is 244 g/mol. The summed E-state index contributed by atoms with van der Waals surface area (Å²) in [5.41, 5.74) is 0. The molecule has 0 radical (unpaired) electrons. The lowest BCUT2D eigenvalue weighted by atomic mass is 10.1. The Morgan fingerprint density at radius 1 is 1.18 bits per heavy atom. The molecule has 3 nitrogen and oxygen atoms in total. The third-order valence-electron chi connectivity index (χ3n) is 2.43. The molecule has 0 aliphatic heterocycles. The molecule has 0 unspecified atom stereocenters. The topological polar surface area (TPSA) is 32.3 Å². The Hall–Kier alpha value is -0.570. The average Bonchev–Trinajstić information content (AvgIpc) is 2.30. The molecule has 0 fully saturated rings. The van der Waals surface area contributed by atoms with Crippen LogP contribution in [0.15, 0.2) is 0 Å². The number of carbonyl (C=O) groups is 1. The molecule has 3 heteroatoms. The maximum atomic E-state index is 11.6. The smallest absolute Gasteiger partial charge is 0.222 e. The maximum absolute atomic E-state index is 11.6. The number of nitrogens with zero attached hydrogens (tertiary/aromatic N) is 1. The molecule has 0 atom stereocenters. The normalized spacial score (nSPS) is 9.82. The van der Waals surface area contributed by atoms with Crippen molar-refractivity contribution < 1.29 is 4.79 Å². The van der Waals surface area contributed by atoms with Gasteiger partial charge in [-0.15, -0.1) is 0 Å². The van der Waals surface area contributed by atoms with E-state index in [2.05, 4.69) is 19.2 Å². The molecule has 0 rings (SSSR count). The van der Waals surface area contributed by atoms with Gasteiger partial charge >= 0.3 is 0 Å². The van der Waals surface area contributed by atoms with E-state index in [1.807, 2.05) is 32.8 Å². The van der Waals surface area contributed by atoms with Crippen LogP contribution in [0.2, 0.25) is 0 Å². The van der Waals surface area contributed by atoms with Gasteiger partial charge in [-0.05, 0) is 32.4 Å². The Balaban J connectivity index is 0. The van der Waals surface area contributed by atoms with Gasteiger partial charge in [0.2, 0.25) is 5.91 Å². The summed E-state index contributed by atoms with van der Waals surface area (Å²) >= 11 is 0. The monoisotopic (exact) mass is 244 g/mol. The first kappa shape index (κ1) is 18.8. The molecular formula is C14H32N2O. The molecule has 0 aromatic carbocycles. The van der Waals surface area contributed by atoms with Crippen LogP contribution >= 0.6 is 0 Å². The van der Waals surface area contributed by atoms with Crippen molar-refractivity contribution in [2.75, 3.05) is 27.2 Å². The highest BCUT2D eigenvalue weighted by atomic mass is 16.2. The predicted octanol–water partition coefficient (Wildman–Crippen LogP) is 2.91. The number of hydrogen-bond acceptors (Lipinski definition) is 2. The lowest BCUT2D eigenvalue weighted by molar-refractivity contribution is -0.130. The molecule has 0 aromatic rings. The predicted molar refractivity (Wildman–Crippen MR) is 76.2 cm³/mol. The minimum absolute atomic E-state index is 0.276.